The Labute approximate surface area is 104 Å². The van der Waals surface area contributed by atoms with Crippen LogP contribution in [0.25, 0.3) is 5.57 Å². The largest absolute Gasteiger partial charge is 0.102 e. The van der Waals surface area contributed by atoms with E-state index in [2.05, 4.69) is 68.1 Å². The van der Waals surface area contributed by atoms with Gasteiger partial charge >= 0.3 is 0 Å². The van der Waals surface area contributed by atoms with Gasteiger partial charge in [-0.3, -0.25) is 0 Å². The summed E-state index contributed by atoms with van der Waals surface area (Å²) in [5.41, 5.74) is 2.82. The molecule has 0 amide bonds. The number of allylic oxidation sites excluding steroid dienone is 5. The minimum Gasteiger partial charge on any atom is -0.102 e. The Bertz CT molecular complexity index is 436. The van der Waals surface area contributed by atoms with Gasteiger partial charge in [0.2, 0.25) is 0 Å². The van der Waals surface area contributed by atoms with Gasteiger partial charge in [-0.15, -0.1) is 6.58 Å². The van der Waals surface area contributed by atoms with Gasteiger partial charge in [0.05, 0.1) is 0 Å². The first-order chi connectivity index (χ1) is 8.29. The lowest BCUT2D eigenvalue weighted by atomic mass is 9.76. The van der Waals surface area contributed by atoms with Crippen molar-refractivity contribution in [1.29, 1.82) is 0 Å². The van der Waals surface area contributed by atoms with E-state index in [4.69, 9.17) is 0 Å². The Hall–Kier alpha value is -1.56. The van der Waals surface area contributed by atoms with E-state index in [9.17, 15) is 0 Å². The lowest BCUT2D eigenvalue weighted by Gasteiger charge is -2.28. The van der Waals surface area contributed by atoms with Gasteiger partial charge in [0.25, 0.3) is 0 Å². The standard InChI is InChI=1S/C17H20/c1-3-12-17(4-2)13-10-16(11-14-17)15-8-6-5-7-9-15/h4-11,13H,2-3,12,14H2,1H3. The predicted octanol–water partition coefficient (Wildman–Crippen LogP) is 5.00. The number of benzene rings is 1. The molecule has 0 heterocycles. The maximum atomic E-state index is 3.99. The molecular formula is C17H20. The van der Waals surface area contributed by atoms with Crippen LogP contribution in [-0.2, 0) is 0 Å². The summed E-state index contributed by atoms with van der Waals surface area (Å²) >= 11 is 0. The Morgan fingerprint density at radius 3 is 2.59 bits per heavy atom. The Kier molecular flexibility index (Phi) is 3.63. The van der Waals surface area contributed by atoms with Gasteiger partial charge in [-0.2, -0.15) is 0 Å². The average molecular weight is 224 g/mol. The molecule has 0 N–H and O–H groups in total. The summed E-state index contributed by atoms with van der Waals surface area (Å²) in [6, 6.07) is 10.6. The smallest absolute Gasteiger partial charge is 0.00963 e. The molecule has 1 aromatic rings. The molecule has 0 bridgehead atoms. The van der Waals surface area contributed by atoms with E-state index >= 15 is 0 Å². The summed E-state index contributed by atoms with van der Waals surface area (Å²) in [4.78, 5) is 0. The summed E-state index contributed by atoms with van der Waals surface area (Å²) < 4.78 is 0. The van der Waals surface area contributed by atoms with Crippen LogP contribution in [0.15, 0.2) is 61.2 Å². The van der Waals surface area contributed by atoms with Gasteiger partial charge in [0.1, 0.15) is 0 Å². The molecule has 1 unspecified atom stereocenters. The van der Waals surface area contributed by atoms with Gasteiger partial charge in [-0.05, 0) is 24.0 Å². The third-order valence-electron chi connectivity index (χ3n) is 3.53. The molecule has 1 aliphatic carbocycles. The molecule has 0 saturated carbocycles. The quantitative estimate of drug-likeness (QED) is 0.631. The van der Waals surface area contributed by atoms with Crippen molar-refractivity contribution in [2.45, 2.75) is 26.2 Å². The Morgan fingerprint density at radius 1 is 1.29 bits per heavy atom. The molecule has 1 aliphatic rings. The number of rotatable bonds is 4. The van der Waals surface area contributed by atoms with E-state index in [0.29, 0.717) is 0 Å². The summed E-state index contributed by atoms with van der Waals surface area (Å²) in [7, 11) is 0. The molecule has 0 spiro atoms. The van der Waals surface area contributed by atoms with Gasteiger partial charge < -0.3 is 0 Å². The SMILES string of the molecule is C=CC1(CCC)C=CC(c2ccccc2)=CC1. The highest BCUT2D eigenvalue weighted by Gasteiger charge is 2.23. The number of hydrogen-bond acceptors (Lipinski definition) is 0. The first kappa shape index (κ1) is 11.9. The maximum Gasteiger partial charge on any atom is 0.00963 e. The molecule has 88 valence electrons. The molecular weight excluding hydrogens is 204 g/mol. The zero-order valence-corrected chi connectivity index (χ0v) is 10.5. The van der Waals surface area contributed by atoms with Crippen molar-refractivity contribution in [3.63, 3.8) is 0 Å². The fourth-order valence-corrected chi connectivity index (χ4v) is 2.44. The predicted molar refractivity (Wildman–Crippen MR) is 75.7 cm³/mol. The van der Waals surface area contributed by atoms with Crippen LogP contribution < -0.4 is 0 Å². The van der Waals surface area contributed by atoms with Crippen LogP contribution in [0.1, 0.15) is 31.7 Å². The minimum absolute atomic E-state index is 0.188. The molecule has 17 heavy (non-hydrogen) atoms. The zero-order chi connectivity index (χ0) is 12.1. The van der Waals surface area contributed by atoms with Crippen molar-refractivity contribution < 1.29 is 0 Å². The molecule has 0 fully saturated rings. The summed E-state index contributed by atoms with van der Waals surface area (Å²) in [5, 5.41) is 0. The van der Waals surface area contributed by atoms with Crippen molar-refractivity contribution in [1.82, 2.24) is 0 Å². The van der Waals surface area contributed by atoms with Crippen LogP contribution in [-0.4, -0.2) is 0 Å². The number of hydrogen-bond donors (Lipinski definition) is 0. The maximum absolute atomic E-state index is 3.99. The van der Waals surface area contributed by atoms with Gasteiger partial charge in [-0.25, -0.2) is 0 Å². The lowest BCUT2D eigenvalue weighted by molar-refractivity contribution is 0.448. The third-order valence-corrected chi connectivity index (χ3v) is 3.53. The Balaban J connectivity index is 2.18. The molecule has 0 saturated heterocycles. The monoisotopic (exact) mass is 224 g/mol. The highest BCUT2D eigenvalue weighted by atomic mass is 14.3. The van der Waals surface area contributed by atoms with Crippen molar-refractivity contribution >= 4 is 5.57 Å². The van der Waals surface area contributed by atoms with Gasteiger partial charge in [0.15, 0.2) is 0 Å². The molecule has 0 aliphatic heterocycles. The second-order valence-corrected chi connectivity index (χ2v) is 4.75. The third kappa shape index (κ3) is 2.58. The van der Waals surface area contributed by atoms with Gasteiger partial charge in [-0.1, -0.05) is 68.0 Å². The summed E-state index contributed by atoms with van der Waals surface area (Å²) in [5.74, 6) is 0. The van der Waals surface area contributed by atoms with Crippen LogP contribution in [0.5, 0.6) is 0 Å². The highest BCUT2D eigenvalue weighted by molar-refractivity contribution is 5.75. The molecule has 0 radical (unpaired) electrons. The molecule has 0 aromatic heterocycles. The molecule has 1 aromatic carbocycles. The first-order valence-corrected chi connectivity index (χ1v) is 6.38. The van der Waals surface area contributed by atoms with E-state index in [1.165, 1.54) is 24.0 Å². The van der Waals surface area contributed by atoms with Crippen molar-refractivity contribution in [3.8, 4) is 0 Å². The average Bonchev–Trinajstić information content (AvgIpc) is 2.41. The zero-order valence-electron chi connectivity index (χ0n) is 10.5. The van der Waals surface area contributed by atoms with E-state index in [-0.39, 0.29) is 5.41 Å². The molecule has 0 nitrogen and oxygen atoms in total. The summed E-state index contributed by atoms with van der Waals surface area (Å²) in [6.45, 7) is 6.22. The van der Waals surface area contributed by atoms with Crippen LogP contribution in [0.3, 0.4) is 0 Å². The van der Waals surface area contributed by atoms with E-state index in [1.54, 1.807) is 0 Å². The first-order valence-electron chi connectivity index (χ1n) is 6.38. The summed E-state index contributed by atoms with van der Waals surface area (Å²) in [6.07, 6.45) is 12.5. The topological polar surface area (TPSA) is 0 Å². The van der Waals surface area contributed by atoms with Crippen LogP contribution in [0.2, 0.25) is 0 Å². The van der Waals surface area contributed by atoms with Crippen molar-refractivity contribution in [2.75, 3.05) is 0 Å². The van der Waals surface area contributed by atoms with Crippen molar-refractivity contribution in [3.05, 3.63) is 66.8 Å². The molecule has 2 rings (SSSR count). The normalized spacial score (nSPS) is 23.2. The lowest BCUT2D eigenvalue weighted by Crippen LogP contribution is -2.15. The minimum atomic E-state index is 0.188. The Morgan fingerprint density at radius 2 is 2.06 bits per heavy atom. The highest BCUT2D eigenvalue weighted by Crippen LogP contribution is 2.37. The van der Waals surface area contributed by atoms with Crippen LogP contribution >= 0.6 is 0 Å². The van der Waals surface area contributed by atoms with Crippen LogP contribution in [0.4, 0.5) is 0 Å². The van der Waals surface area contributed by atoms with E-state index < -0.39 is 0 Å². The second kappa shape index (κ2) is 5.18. The molecule has 1 atom stereocenters. The fourth-order valence-electron chi connectivity index (χ4n) is 2.44. The van der Waals surface area contributed by atoms with Crippen molar-refractivity contribution in [2.24, 2.45) is 5.41 Å². The van der Waals surface area contributed by atoms with E-state index in [1.807, 2.05) is 0 Å². The second-order valence-electron chi connectivity index (χ2n) is 4.75. The van der Waals surface area contributed by atoms with Gasteiger partial charge in [0, 0.05) is 5.41 Å². The van der Waals surface area contributed by atoms with E-state index in [0.717, 1.165) is 6.42 Å². The fraction of sp³-hybridized carbons (Fsp3) is 0.294. The molecule has 0 heteroatoms. The van der Waals surface area contributed by atoms with Crippen LogP contribution in [0, 0.1) is 5.41 Å².